The van der Waals surface area contributed by atoms with Crippen molar-refractivity contribution in [1.29, 1.82) is 0 Å². The van der Waals surface area contributed by atoms with Crippen LogP contribution in [0.3, 0.4) is 0 Å². The van der Waals surface area contributed by atoms with Crippen molar-refractivity contribution in [2.24, 2.45) is 0 Å². The van der Waals surface area contributed by atoms with E-state index >= 15 is 0 Å². The summed E-state index contributed by atoms with van der Waals surface area (Å²) in [4.78, 5) is 19.0. The van der Waals surface area contributed by atoms with Crippen LogP contribution in [0.4, 0.5) is 11.4 Å². The second kappa shape index (κ2) is 11.7. The van der Waals surface area contributed by atoms with E-state index < -0.39 is 0 Å². The van der Waals surface area contributed by atoms with Gasteiger partial charge in [-0.25, -0.2) is 0 Å². The normalized spacial score (nSPS) is 17.1. The molecule has 1 amide bonds. The molecule has 2 N–H and O–H groups in total. The average molecular weight is 524 g/mol. The Morgan fingerprint density at radius 1 is 1.14 bits per heavy atom. The van der Waals surface area contributed by atoms with Gasteiger partial charge in [0.1, 0.15) is 12.4 Å². The van der Waals surface area contributed by atoms with Crippen molar-refractivity contribution in [3.8, 4) is 5.75 Å². The van der Waals surface area contributed by atoms with Crippen molar-refractivity contribution in [1.82, 2.24) is 14.9 Å². The molecule has 9 nitrogen and oxygen atoms in total. The molecule has 1 saturated heterocycles. The highest BCUT2D eigenvalue weighted by Crippen LogP contribution is 2.44. The topological polar surface area (TPSA) is 89.9 Å². The molecule has 0 aliphatic carbocycles. The lowest BCUT2D eigenvalue weighted by atomic mass is 9.96. The van der Waals surface area contributed by atoms with E-state index in [-0.39, 0.29) is 24.6 Å². The molecule has 3 aromatic rings. The molecule has 0 bridgehead atoms. The quantitative estimate of drug-likeness (QED) is 0.387. The minimum Gasteiger partial charge on any atom is -0.495 e. The molecule has 0 saturated carbocycles. The molecule has 196 valence electrons. The fourth-order valence-electron chi connectivity index (χ4n) is 4.86. The summed E-state index contributed by atoms with van der Waals surface area (Å²) in [6.45, 7) is 5.54. The number of ether oxygens (including phenoxy) is 3. The maximum absolute atomic E-state index is 12.3. The number of aryl methyl sites for hydroxylation is 1. The van der Waals surface area contributed by atoms with Gasteiger partial charge in [-0.15, -0.1) is 0 Å². The molecule has 0 spiro atoms. The van der Waals surface area contributed by atoms with Crippen molar-refractivity contribution < 1.29 is 19.0 Å². The van der Waals surface area contributed by atoms with E-state index in [1.165, 1.54) is 7.11 Å². The highest BCUT2D eigenvalue weighted by molar-refractivity contribution is 7.80. The molecule has 3 heterocycles. The van der Waals surface area contributed by atoms with Gasteiger partial charge in [0.05, 0.1) is 37.2 Å². The van der Waals surface area contributed by atoms with Crippen LogP contribution in [0.1, 0.15) is 34.7 Å². The van der Waals surface area contributed by atoms with Gasteiger partial charge in [0.15, 0.2) is 5.11 Å². The Balaban J connectivity index is 1.82. The van der Waals surface area contributed by atoms with Crippen molar-refractivity contribution in [3.63, 3.8) is 0 Å². The van der Waals surface area contributed by atoms with Crippen LogP contribution in [0.25, 0.3) is 0 Å². The molecule has 0 unspecified atom stereocenters. The molecular formula is C27H33N5O4S. The summed E-state index contributed by atoms with van der Waals surface area (Å²) in [6, 6.07) is 13.4. The fraction of sp³-hybridized carbons (Fsp3) is 0.370. The number of hydrogen-bond donors (Lipinski definition) is 2. The first-order chi connectivity index (χ1) is 17.9. The molecule has 2 atom stereocenters. The highest BCUT2D eigenvalue weighted by Gasteiger charge is 2.42. The summed E-state index contributed by atoms with van der Waals surface area (Å²) in [7, 11) is 4.75. The van der Waals surface area contributed by atoms with E-state index in [1.807, 2.05) is 36.4 Å². The van der Waals surface area contributed by atoms with Crippen LogP contribution in [0.5, 0.6) is 5.75 Å². The Bertz CT molecular complexity index is 1260. The van der Waals surface area contributed by atoms with Gasteiger partial charge in [0.2, 0.25) is 5.91 Å². The second-order valence-corrected chi connectivity index (χ2v) is 9.22. The lowest BCUT2D eigenvalue weighted by molar-refractivity contribution is -0.119. The Labute approximate surface area is 222 Å². The Morgan fingerprint density at radius 2 is 1.95 bits per heavy atom. The highest BCUT2D eigenvalue weighted by atomic mass is 32.1. The molecule has 4 rings (SSSR count). The fourth-order valence-corrected chi connectivity index (χ4v) is 5.21. The maximum atomic E-state index is 12.3. The lowest BCUT2D eigenvalue weighted by Gasteiger charge is -2.29. The van der Waals surface area contributed by atoms with Gasteiger partial charge < -0.3 is 34.3 Å². The van der Waals surface area contributed by atoms with Gasteiger partial charge in [0.25, 0.3) is 0 Å². The van der Waals surface area contributed by atoms with Gasteiger partial charge in [-0.2, -0.15) is 0 Å². The summed E-state index contributed by atoms with van der Waals surface area (Å²) in [5.41, 5.74) is 5.66. The van der Waals surface area contributed by atoms with Gasteiger partial charge in [-0.05, 0) is 68.0 Å². The van der Waals surface area contributed by atoms with Crippen molar-refractivity contribution in [3.05, 3.63) is 71.3 Å². The first-order valence-corrected chi connectivity index (χ1v) is 12.4. The van der Waals surface area contributed by atoms with Gasteiger partial charge >= 0.3 is 0 Å². The zero-order valence-electron chi connectivity index (χ0n) is 21.8. The molecule has 1 aliphatic heterocycles. The second-order valence-electron chi connectivity index (χ2n) is 8.83. The third-order valence-corrected chi connectivity index (χ3v) is 6.87. The lowest BCUT2D eigenvalue weighted by Crippen LogP contribution is -2.30. The van der Waals surface area contributed by atoms with Crippen LogP contribution in [0, 0.1) is 13.8 Å². The minimum atomic E-state index is -0.273. The standard InChI is InChI=1S/C27H33N5O4S/c1-17-14-20(18(2)31(17)12-13-34-3)26-25(21-8-6-7-11-28-21)30-27(37)32(26)19-9-10-23(36-5)22(15-19)29-24(33)16-35-4/h6-11,14-15,25-26H,12-13,16H2,1-5H3,(H,29,33)(H,30,37)/t25-,26+/m0/s1. The third kappa shape index (κ3) is 5.46. The molecular weight excluding hydrogens is 490 g/mol. The van der Waals surface area contributed by atoms with Crippen LogP contribution in [-0.4, -0.2) is 55.1 Å². The number of pyridine rings is 1. The van der Waals surface area contributed by atoms with E-state index in [1.54, 1.807) is 20.4 Å². The first-order valence-electron chi connectivity index (χ1n) is 12.0. The van der Waals surface area contributed by atoms with Crippen molar-refractivity contribution >= 4 is 34.6 Å². The Hall–Kier alpha value is -3.47. The summed E-state index contributed by atoms with van der Waals surface area (Å²) >= 11 is 5.89. The Morgan fingerprint density at radius 3 is 2.62 bits per heavy atom. The van der Waals surface area contributed by atoms with Crippen molar-refractivity contribution in [2.45, 2.75) is 32.5 Å². The van der Waals surface area contributed by atoms with Crippen molar-refractivity contribution in [2.75, 3.05) is 44.8 Å². The molecule has 10 heteroatoms. The third-order valence-electron chi connectivity index (χ3n) is 6.56. The summed E-state index contributed by atoms with van der Waals surface area (Å²) in [6.07, 6.45) is 1.79. The molecule has 0 radical (unpaired) electrons. The number of carbonyl (C=O) groups is 1. The SMILES string of the molecule is COCCn1c(C)cc([C@@H]2[C@H](c3ccccn3)NC(=S)N2c2ccc(OC)c(NC(=O)COC)c2)c1C. The number of thiocarbonyl (C=S) groups is 1. The summed E-state index contributed by atoms with van der Waals surface area (Å²) in [5, 5.41) is 6.95. The molecule has 37 heavy (non-hydrogen) atoms. The molecule has 1 aliphatic rings. The monoisotopic (exact) mass is 523 g/mol. The molecule has 1 aromatic carbocycles. The predicted octanol–water partition coefficient (Wildman–Crippen LogP) is 3.92. The van der Waals surface area contributed by atoms with Crippen LogP contribution in [-0.2, 0) is 20.8 Å². The summed E-state index contributed by atoms with van der Waals surface area (Å²) in [5.74, 6) is 0.270. The molecule has 2 aromatic heterocycles. The van der Waals surface area contributed by atoms with Crippen LogP contribution < -0.4 is 20.3 Å². The van der Waals surface area contributed by atoms with Gasteiger partial charge in [-0.3, -0.25) is 9.78 Å². The zero-order valence-corrected chi connectivity index (χ0v) is 22.6. The summed E-state index contributed by atoms with van der Waals surface area (Å²) < 4.78 is 18.1. The average Bonchev–Trinajstić information content (AvgIpc) is 3.38. The van der Waals surface area contributed by atoms with Crippen LogP contribution >= 0.6 is 12.2 Å². The van der Waals surface area contributed by atoms with E-state index in [0.29, 0.717) is 23.2 Å². The largest absolute Gasteiger partial charge is 0.495 e. The predicted molar refractivity (Wildman–Crippen MR) is 147 cm³/mol. The van der Waals surface area contributed by atoms with E-state index in [2.05, 4.69) is 45.0 Å². The first kappa shape index (κ1) is 26.6. The van der Waals surface area contributed by atoms with Gasteiger partial charge in [-0.1, -0.05) is 6.07 Å². The number of amides is 1. The molecule has 1 fully saturated rings. The smallest absolute Gasteiger partial charge is 0.250 e. The number of benzene rings is 1. The number of nitrogens with zero attached hydrogens (tertiary/aromatic N) is 3. The number of hydrogen-bond acceptors (Lipinski definition) is 6. The van der Waals surface area contributed by atoms with Gasteiger partial charge in [0, 0.05) is 44.0 Å². The number of rotatable bonds is 10. The van der Waals surface area contributed by atoms with Crippen LogP contribution in [0.2, 0.25) is 0 Å². The van der Waals surface area contributed by atoms with Crippen LogP contribution in [0.15, 0.2) is 48.7 Å². The number of anilines is 2. The number of aromatic nitrogens is 2. The minimum absolute atomic E-state index is 0.0606. The van der Waals surface area contributed by atoms with E-state index in [0.717, 1.165) is 34.9 Å². The number of carbonyl (C=O) groups excluding carboxylic acids is 1. The zero-order chi connectivity index (χ0) is 26.5. The Kier molecular flexibility index (Phi) is 8.42. The number of methoxy groups -OCH3 is 3. The maximum Gasteiger partial charge on any atom is 0.250 e. The van der Waals surface area contributed by atoms with E-state index in [9.17, 15) is 4.79 Å². The number of nitrogens with one attached hydrogen (secondary N) is 2. The van der Waals surface area contributed by atoms with E-state index in [4.69, 9.17) is 26.4 Å².